The van der Waals surface area contributed by atoms with E-state index < -0.39 is 5.97 Å². The van der Waals surface area contributed by atoms with Crippen LogP contribution in [0, 0.1) is 6.92 Å². The summed E-state index contributed by atoms with van der Waals surface area (Å²) in [5.41, 5.74) is 2.14. The number of aryl methyl sites for hydroxylation is 1. The first-order chi connectivity index (χ1) is 8.97. The average Bonchev–Trinajstić information content (AvgIpc) is 2.78. The van der Waals surface area contributed by atoms with Crippen LogP contribution >= 0.6 is 22.9 Å². The van der Waals surface area contributed by atoms with E-state index in [2.05, 4.69) is 5.32 Å². The second kappa shape index (κ2) is 5.63. The van der Waals surface area contributed by atoms with Gasteiger partial charge in [0.05, 0.1) is 15.9 Å². The van der Waals surface area contributed by atoms with Crippen LogP contribution in [0.15, 0.2) is 30.3 Å². The topological polar surface area (TPSA) is 49.3 Å². The smallest absolute Gasteiger partial charge is 0.335 e. The fraction of sp³-hybridized carbons (Fsp3) is 0.214. The van der Waals surface area contributed by atoms with Crippen molar-refractivity contribution in [1.82, 2.24) is 0 Å². The van der Waals surface area contributed by atoms with Crippen molar-refractivity contribution in [2.24, 2.45) is 0 Å². The molecule has 2 N–H and O–H groups in total. The van der Waals surface area contributed by atoms with E-state index in [9.17, 15) is 4.79 Å². The molecule has 100 valence electrons. The van der Waals surface area contributed by atoms with Crippen LogP contribution in [0.5, 0.6) is 0 Å². The number of aromatic carboxylic acids is 1. The van der Waals surface area contributed by atoms with Gasteiger partial charge in [0.15, 0.2) is 0 Å². The van der Waals surface area contributed by atoms with Gasteiger partial charge in [0.2, 0.25) is 0 Å². The summed E-state index contributed by atoms with van der Waals surface area (Å²) in [7, 11) is 0. The molecule has 1 unspecified atom stereocenters. The van der Waals surface area contributed by atoms with Crippen molar-refractivity contribution in [3.63, 3.8) is 0 Å². The van der Waals surface area contributed by atoms with Crippen molar-refractivity contribution >= 4 is 34.6 Å². The van der Waals surface area contributed by atoms with Crippen molar-refractivity contribution in [3.8, 4) is 0 Å². The molecule has 19 heavy (non-hydrogen) atoms. The van der Waals surface area contributed by atoms with E-state index >= 15 is 0 Å². The van der Waals surface area contributed by atoms with Gasteiger partial charge in [-0.2, -0.15) is 0 Å². The molecule has 0 fully saturated rings. The Kier molecular flexibility index (Phi) is 4.12. The number of carboxylic acids is 1. The minimum atomic E-state index is -0.910. The second-order valence-electron chi connectivity index (χ2n) is 4.34. The minimum Gasteiger partial charge on any atom is -0.478 e. The highest BCUT2D eigenvalue weighted by molar-refractivity contribution is 7.16. The monoisotopic (exact) mass is 295 g/mol. The number of nitrogens with one attached hydrogen (secondary N) is 1. The molecule has 1 aromatic heterocycles. The van der Waals surface area contributed by atoms with Crippen molar-refractivity contribution in [1.29, 1.82) is 0 Å². The molecule has 0 saturated carbocycles. The van der Waals surface area contributed by atoms with Gasteiger partial charge >= 0.3 is 5.97 Å². The van der Waals surface area contributed by atoms with Gasteiger partial charge in [-0.15, -0.1) is 11.3 Å². The fourth-order valence-electron chi connectivity index (χ4n) is 1.82. The number of carboxylic acid groups (broad SMARTS) is 1. The van der Waals surface area contributed by atoms with Crippen LogP contribution in [0.3, 0.4) is 0 Å². The quantitative estimate of drug-likeness (QED) is 0.868. The molecule has 0 saturated heterocycles. The molecule has 0 spiro atoms. The highest BCUT2D eigenvalue weighted by atomic mass is 35.5. The Morgan fingerprint density at radius 3 is 2.63 bits per heavy atom. The Bertz CT molecular complexity index is 609. The van der Waals surface area contributed by atoms with Crippen molar-refractivity contribution in [3.05, 3.63) is 50.7 Å². The number of benzene rings is 1. The van der Waals surface area contributed by atoms with E-state index in [-0.39, 0.29) is 6.04 Å². The summed E-state index contributed by atoms with van der Waals surface area (Å²) in [4.78, 5) is 12.0. The SMILES string of the molecule is Cc1cc(C(=O)O)ccc1NC(C)c1ccc(Cl)s1. The normalized spacial score (nSPS) is 12.2. The zero-order valence-corrected chi connectivity index (χ0v) is 12.2. The lowest BCUT2D eigenvalue weighted by molar-refractivity contribution is 0.0697. The first-order valence-electron chi connectivity index (χ1n) is 5.83. The third kappa shape index (κ3) is 3.28. The lowest BCUT2D eigenvalue weighted by atomic mass is 10.1. The molecule has 3 nitrogen and oxygen atoms in total. The average molecular weight is 296 g/mol. The maximum Gasteiger partial charge on any atom is 0.335 e. The van der Waals surface area contributed by atoms with Crippen LogP contribution in [0.25, 0.3) is 0 Å². The molecule has 0 bridgehead atoms. The van der Waals surface area contributed by atoms with Crippen LogP contribution in [0.1, 0.15) is 33.8 Å². The predicted molar refractivity (Wildman–Crippen MR) is 79.5 cm³/mol. The lowest BCUT2D eigenvalue weighted by Crippen LogP contribution is -2.07. The molecule has 0 aliphatic rings. The molecule has 5 heteroatoms. The Balaban J connectivity index is 2.17. The Morgan fingerprint density at radius 1 is 1.37 bits per heavy atom. The van der Waals surface area contributed by atoms with Gasteiger partial charge in [0, 0.05) is 10.6 Å². The number of rotatable bonds is 4. The molecule has 0 aliphatic heterocycles. The van der Waals surface area contributed by atoms with E-state index in [0.29, 0.717) is 5.56 Å². The zero-order chi connectivity index (χ0) is 14.0. The van der Waals surface area contributed by atoms with Gasteiger partial charge in [0.1, 0.15) is 0 Å². The summed E-state index contributed by atoms with van der Waals surface area (Å²) in [6.45, 7) is 3.94. The maximum atomic E-state index is 10.9. The van der Waals surface area contributed by atoms with Crippen LogP contribution < -0.4 is 5.32 Å². The van der Waals surface area contributed by atoms with Crippen LogP contribution in [0.2, 0.25) is 4.34 Å². The number of thiophene rings is 1. The third-order valence-electron chi connectivity index (χ3n) is 2.87. The van der Waals surface area contributed by atoms with Gasteiger partial charge in [-0.25, -0.2) is 4.79 Å². The zero-order valence-electron chi connectivity index (χ0n) is 10.6. The van der Waals surface area contributed by atoms with Crippen LogP contribution in [0.4, 0.5) is 5.69 Å². The number of carbonyl (C=O) groups is 1. The maximum absolute atomic E-state index is 10.9. The Morgan fingerprint density at radius 2 is 2.11 bits per heavy atom. The van der Waals surface area contributed by atoms with Gasteiger partial charge in [-0.3, -0.25) is 0 Å². The van der Waals surface area contributed by atoms with Gasteiger partial charge in [0.25, 0.3) is 0 Å². The first-order valence-corrected chi connectivity index (χ1v) is 7.02. The summed E-state index contributed by atoms with van der Waals surface area (Å²) in [5, 5.41) is 12.3. The van der Waals surface area contributed by atoms with Gasteiger partial charge in [-0.05, 0) is 49.7 Å². The first kappa shape index (κ1) is 13.9. The standard InChI is InChI=1S/C14H14ClNO2S/c1-8-7-10(14(17)18)3-4-11(8)16-9(2)12-5-6-13(15)19-12/h3-7,9,16H,1-2H3,(H,17,18). The second-order valence-corrected chi connectivity index (χ2v) is 6.09. The molecular formula is C14H14ClNO2S. The van der Waals surface area contributed by atoms with E-state index in [1.54, 1.807) is 18.2 Å². The molecule has 1 heterocycles. The summed E-state index contributed by atoms with van der Waals surface area (Å²) in [6.07, 6.45) is 0. The summed E-state index contributed by atoms with van der Waals surface area (Å²) in [6, 6.07) is 9.06. The molecule has 0 amide bonds. The van der Waals surface area contributed by atoms with Crippen LogP contribution in [-0.4, -0.2) is 11.1 Å². The third-order valence-corrected chi connectivity index (χ3v) is 4.28. The number of hydrogen-bond acceptors (Lipinski definition) is 3. The van der Waals surface area contributed by atoms with Crippen molar-refractivity contribution in [2.75, 3.05) is 5.32 Å². The predicted octanol–water partition coefficient (Wildman–Crippen LogP) is 4.58. The van der Waals surface area contributed by atoms with Gasteiger partial charge in [-0.1, -0.05) is 11.6 Å². The Hall–Kier alpha value is -1.52. The van der Waals surface area contributed by atoms with Crippen LogP contribution in [-0.2, 0) is 0 Å². The number of halogens is 1. The number of hydrogen-bond donors (Lipinski definition) is 2. The Labute approximate surface area is 120 Å². The van der Waals surface area contributed by atoms with E-state index in [1.165, 1.54) is 11.3 Å². The molecule has 1 atom stereocenters. The number of anilines is 1. The highest BCUT2D eigenvalue weighted by Crippen LogP contribution is 2.30. The largest absolute Gasteiger partial charge is 0.478 e. The van der Waals surface area contributed by atoms with E-state index in [4.69, 9.17) is 16.7 Å². The van der Waals surface area contributed by atoms with Gasteiger partial charge < -0.3 is 10.4 Å². The molecular weight excluding hydrogens is 282 g/mol. The van der Waals surface area contributed by atoms with Crippen molar-refractivity contribution in [2.45, 2.75) is 19.9 Å². The molecule has 1 aromatic carbocycles. The van der Waals surface area contributed by atoms with Crippen molar-refractivity contribution < 1.29 is 9.90 Å². The molecule has 0 aliphatic carbocycles. The fourth-order valence-corrected chi connectivity index (χ4v) is 2.89. The molecule has 0 radical (unpaired) electrons. The minimum absolute atomic E-state index is 0.131. The van der Waals surface area contributed by atoms with E-state index in [1.807, 2.05) is 26.0 Å². The summed E-state index contributed by atoms with van der Waals surface area (Å²) in [5.74, 6) is -0.910. The molecule has 2 aromatic rings. The lowest BCUT2D eigenvalue weighted by Gasteiger charge is -2.16. The molecule has 2 rings (SSSR count). The van der Waals surface area contributed by atoms with E-state index in [0.717, 1.165) is 20.5 Å². The summed E-state index contributed by atoms with van der Waals surface area (Å²) >= 11 is 7.46. The highest BCUT2D eigenvalue weighted by Gasteiger charge is 2.11. The summed E-state index contributed by atoms with van der Waals surface area (Å²) < 4.78 is 0.765.